The first-order valence-electron chi connectivity index (χ1n) is 5.50. The van der Waals surface area contributed by atoms with Crippen LogP contribution in [0.5, 0.6) is 0 Å². The molecular formula is C13H13N3O2. The fraction of sp³-hybridized carbons (Fsp3) is 0.154. The fourth-order valence-electron chi connectivity index (χ4n) is 1.60. The molecule has 2 rings (SSSR count). The Kier molecular flexibility index (Phi) is 3.52. The summed E-state index contributed by atoms with van der Waals surface area (Å²) in [6.07, 6.45) is 2.88. The third kappa shape index (κ3) is 2.82. The van der Waals surface area contributed by atoms with Gasteiger partial charge in [-0.15, -0.1) is 0 Å². The van der Waals surface area contributed by atoms with Crippen LogP contribution in [0.3, 0.4) is 0 Å². The number of nitrogens with one attached hydrogen (secondary N) is 1. The van der Waals surface area contributed by atoms with Gasteiger partial charge >= 0.3 is 5.97 Å². The number of aromatic nitrogens is 2. The highest BCUT2D eigenvalue weighted by Gasteiger charge is 2.09. The summed E-state index contributed by atoms with van der Waals surface area (Å²) in [5.41, 5.74) is 2.50. The van der Waals surface area contributed by atoms with Crippen LogP contribution in [0.15, 0.2) is 36.7 Å². The van der Waals surface area contributed by atoms with Crippen LogP contribution in [0.1, 0.15) is 21.7 Å². The van der Waals surface area contributed by atoms with Gasteiger partial charge in [0.25, 0.3) is 0 Å². The summed E-state index contributed by atoms with van der Waals surface area (Å²) in [6.45, 7) is 2.39. The monoisotopic (exact) mass is 243 g/mol. The predicted molar refractivity (Wildman–Crippen MR) is 67.5 cm³/mol. The normalized spacial score (nSPS) is 10.1. The molecule has 0 aliphatic carbocycles. The van der Waals surface area contributed by atoms with E-state index < -0.39 is 5.97 Å². The Morgan fingerprint density at radius 2 is 2.22 bits per heavy atom. The molecule has 2 aromatic heterocycles. The topological polar surface area (TPSA) is 75.1 Å². The van der Waals surface area contributed by atoms with Gasteiger partial charge in [0.15, 0.2) is 0 Å². The van der Waals surface area contributed by atoms with Crippen LogP contribution in [0.4, 0.5) is 5.69 Å². The van der Waals surface area contributed by atoms with E-state index in [0.717, 1.165) is 11.4 Å². The zero-order chi connectivity index (χ0) is 13.0. The fourth-order valence-corrected chi connectivity index (χ4v) is 1.60. The van der Waals surface area contributed by atoms with Gasteiger partial charge in [0.05, 0.1) is 17.9 Å². The maximum absolute atomic E-state index is 11.0. The lowest BCUT2D eigenvalue weighted by molar-refractivity contribution is 0.0697. The minimum absolute atomic E-state index is 0.158. The van der Waals surface area contributed by atoms with Crippen molar-refractivity contribution < 1.29 is 9.90 Å². The standard InChI is InChI=1S/C13H13N3O2/c1-9-3-2-4-10(16-9)7-15-12-5-6-14-8-11(12)13(17)18/h2-6,8H,7H2,1H3,(H,14,15)(H,17,18). The summed E-state index contributed by atoms with van der Waals surface area (Å²) < 4.78 is 0. The molecule has 0 radical (unpaired) electrons. The molecule has 2 aromatic rings. The first-order valence-corrected chi connectivity index (χ1v) is 5.50. The van der Waals surface area contributed by atoms with Gasteiger partial charge in [-0.25, -0.2) is 4.79 Å². The third-order valence-corrected chi connectivity index (χ3v) is 2.46. The van der Waals surface area contributed by atoms with E-state index in [1.165, 1.54) is 6.20 Å². The first kappa shape index (κ1) is 12.0. The second-order valence-electron chi connectivity index (χ2n) is 3.85. The number of carbonyl (C=O) groups is 1. The van der Waals surface area contributed by atoms with E-state index in [4.69, 9.17) is 5.11 Å². The van der Waals surface area contributed by atoms with Crippen LogP contribution < -0.4 is 5.32 Å². The average molecular weight is 243 g/mol. The smallest absolute Gasteiger partial charge is 0.339 e. The highest BCUT2D eigenvalue weighted by Crippen LogP contribution is 2.14. The van der Waals surface area contributed by atoms with E-state index in [1.54, 1.807) is 12.3 Å². The molecule has 0 unspecified atom stereocenters. The van der Waals surface area contributed by atoms with Crippen molar-refractivity contribution in [2.24, 2.45) is 0 Å². The Morgan fingerprint density at radius 1 is 1.39 bits per heavy atom. The second kappa shape index (κ2) is 5.27. The second-order valence-corrected chi connectivity index (χ2v) is 3.85. The number of aryl methyl sites for hydroxylation is 1. The van der Waals surface area contributed by atoms with Crippen molar-refractivity contribution in [1.82, 2.24) is 9.97 Å². The number of hydrogen-bond donors (Lipinski definition) is 2. The molecule has 0 fully saturated rings. The van der Waals surface area contributed by atoms with Gasteiger partial charge in [0, 0.05) is 18.1 Å². The van der Waals surface area contributed by atoms with E-state index in [9.17, 15) is 4.79 Å². The third-order valence-electron chi connectivity index (χ3n) is 2.46. The Morgan fingerprint density at radius 3 is 2.94 bits per heavy atom. The molecule has 2 heterocycles. The molecular weight excluding hydrogens is 230 g/mol. The minimum atomic E-state index is -0.997. The first-order chi connectivity index (χ1) is 8.66. The molecule has 0 atom stereocenters. The van der Waals surface area contributed by atoms with Gasteiger partial charge in [-0.3, -0.25) is 9.97 Å². The van der Waals surface area contributed by atoms with Crippen molar-refractivity contribution in [2.45, 2.75) is 13.5 Å². The zero-order valence-corrected chi connectivity index (χ0v) is 9.92. The predicted octanol–water partition coefficient (Wildman–Crippen LogP) is 2.10. The van der Waals surface area contributed by atoms with Gasteiger partial charge in [0.2, 0.25) is 0 Å². The molecule has 2 N–H and O–H groups in total. The number of carboxylic acids is 1. The number of hydrogen-bond acceptors (Lipinski definition) is 4. The Hall–Kier alpha value is -2.43. The number of aromatic carboxylic acids is 1. The number of pyridine rings is 2. The largest absolute Gasteiger partial charge is 0.478 e. The van der Waals surface area contributed by atoms with Crippen molar-refractivity contribution in [3.63, 3.8) is 0 Å². The van der Waals surface area contributed by atoms with Gasteiger partial charge in [-0.2, -0.15) is 0 Å². The van der Waals surface area contributed by atoms with E-state index in [1.807, 2.05) is 25.1 Å². The van der Waals surface area contributed by atoms with Crippen LogP contribution in [0.2, 0.25) is 0 Å². The Labute approximate surface area is 105 Å². The summed E-state index contributed by atoms with van der Waals surface area (Å²) in [7, 11) is 0. The quantitative estimate of drug-likeness (QED) is 0.860. The highest BCUT2D eigenvalue weighted by atomic mass is 16.4. The van der Waals surface area contributed by atoms with Crippen LogP contribution >= 0.6 is 0 Å². The summed E-state index contributed by atoms with van der Waals surface area (Å²) in [5.74, 6) is -0.997. The van der Waals surface area contributed by atoms with Crippen molar-refractivity contribution in [1.29, 1.82) is 0 Å². The van der Waals surface area contributed by atoms with Gasteiger partial charge in [-0.1, -0.05) is 6.07 Å². The molecule has 0 aliphatic heterocycles. The Bertz CT molecular complexity index is 570. The lowest BCUT2D eigenvalue weighted by Crippen LogP contribution is -2.07. The molecule has 18 heavy (non-hydrogen) atoms. The molecule has 0 saturated heterocycles. The lowest BCUT2D eigenvalue weighted by Gasteiger charge is -2.08. The van der Waals surface area contributed by atoms with E-state index in [0.29, 0.717) is 12.2 Å². The minimum Gasteiger partial charge on any atom is -0.478 e. The van der Waals surface area contributed by atoms with Crippen molar-refractivity contribution in [3.05, 3.63) is 53.6 Å². The van der Waals surface area contributed by atoms with Crippen LogP contribution in [-0.4, -0.2) is 21.0 Å². The van der Waals surface area contributed by atoms with Crippen molar-refractivity contribution in [2.75, 3.05) is 5.32 Å². The number of carboxylic acid groups (broad SMARTS) is 1. The van der Waals surface area contributed by atoms with E-state index >= 15 is 0 Å². The van der Waals surface area contributed by atoms with Crippen molar-refractivity contribution in [3.8, 4) is 0 Å². The lowest BCUT2D eigenvalue weighted by atomic mass is 10.2. The van der Waals surface area contributed by atoms with Gasteiger partial charge in [-0.05, 0) is 25.1 Å². The van der Waals surface area contributed by atoms with Crippen molar-refractivity contribution >= 4 is 11.7 Å². The Balaban J connectivity index is 2.13. The molecule has 0 aliphatic rings. The van der Waals surface area contributed by atoms with Crippen LogP contribution in [0, 0.1) is 6.92 Å². The van der Waals surface area contributed by atoms with E-state index in [2.05, 4.69) is 15.3 Å². The number of rotatable bonds is 4. The maximum atomic E-state index is 11.0. The summed E-state index contributed by atoms with van der Waals surface area (Å²) in [4.78, 5) is 19.1. The molecule has 0 amide bonds. The molecule has 0 spiro atoms. The van der Waals surface area contributed by atoms with E-state index in [-0.39, 0.29) is 5.56 Å². The summed E-state index contributed by atoms with van der Waals surface area (Å²) >= 11 is 0. The van der Waals surface area contributed by atoms with Crippen LogP contribution in [0.25, 0.3) is 0 Å². The average Bonchev–Trinajstić information content (AvgIpc) is 2.37. The molecule has 0 aromatic carbocycles. The molecule has 92 valence electrons. The summed E-state index contributed by atoms with van der Waals surface area (Å²) in [6, 6.07) is 7.36. The molecule has 0 bridgehead atoms. The zero-order valence-electron chi connectivity index (χ0n) is 9.92. The highest BCUT2D eigenvalue weighted by molar-refractivity contribution is 5.93. The number of nitrogens with zero attached hydrogens (tertiary/aromatic N) is 2. The summed E-state index contributed by atoms with van der Waals surface area (Å²) in [5, 5.41) is 12.1. The number of anilines is 1. The molecule has 0 saturated carbocycles. The van der Waals surface area contributed by atoms with Crippen LogP contribution in [-0.2, 0) is 6.54 Å². The van der Waals surface area contributed by atoms with Gasteiger partial charge < -0.3 is 10.4 Å². The molecule has 5 heteroatoms. The molecule has 5 nitrogen and oxygen atoms in total. The maximum Gasteiger partial charge on any atom is 0.339 e. The van der Waals surface area contributed by atoms with Gasteiger partial charge in [0.1, 0.15) is 5.56 Å². The SMILES string of the molecule is Cc1cccc(CNc2ccncc2C(=O)O)n1.